The predicted octanol–water partition coefficient (Wildman–Crippen LogP) is 2.81. The third-order valence-electron chi connectivity index (χ3n) is 2.47. The molecule has 0 amide bonds. The van der Waals surface area contributed by atoms with Gasteiger partial charge in [0.1, 0.15) is 17.3 Å². The normalized spacial score (nSPS) is 14.3. The molecule has 0 fully saturated rings. The molecule has 0 aliphatic rings. The number of hydrogen-bond acceptors (Lipinski definition) is 5. The lowest BCUT2D eigenvalue weighted by Crippen LogP contribution is -2.29. The Morgan fingerprint density at radius 2 is 2.19 bits per heavy atom. The number of halogens is 2. The van der Waals surface area contributed by atoms with Crippen LogP contribution in [0.3, 0.4) is 0 Å². The summed E-state index contributed by atoms with van der Waals surface area (Å²) in [6.07, 6.45) is 0. The third-order valence-corrected chi connectivity index (χ3v) is 5.03. The molecule has 1 N–H and O–H groups in total. The van der Waals surface area contributed by atoms with Crippen molar-refractivity contribution in [2.24, 2.45) is 0 Å². The summed E-state index contributed by atoms with van der Waals surface area (Å²) < 4.78 is 24.4. The first-order chi connectivity index (χ1) is 9.92. The van der Waals surface area contributed by atoms with Crippen LogP contribution in [0.25, 0.3) is 0 Å². The average Bonchev–Trinajstić information content (AvgIpc) is 2.92. The molecule has 0 saturated carbocycles. The summed E-state index contributed by atoms with van der Waals surface area (Å²) in [4.78, 5) is 9.86. The van der Waals surface area contributed by atoms with Crippen LogP contribution in [-0.2, 0) is 15.7 Å². The fraction of sp³-hybridized carbons (Fsp3) is 0.600. The predicted molar refractivity (Wildman–Crippen MR) is 79.8 cm³/mol. The van der Waals surface area contributed by atoms with E-state index in [-0.39, 0.29) is 30.7 Å². The number of nitro groups is 1. The van der Waals surface area contributed by atoms with E-state index in [1.54, 1.807) is 7.05 Å². The molecular weight excluding hydrogens is 344 g/mol. The summed E-state index contributed by atoms with van der Waals surface area (Å²) in [5.74, 6) is 0.340. The number of furan rings is 1. The van der Waals surface area contributed by atoms with Crippen LogP contribution in [0.1, 0.15) is 5.76 Å². The monoisotopic (exact) mass is 359 g/mol. The first-order valence-electron chi connectivity index (χ1n) is 5.99. The first kappa shape index (κ1) is 18.4. The Morgan fingerprint density at radius 1 is 1.48 bits per heavy atom. The highest BCUT2D eigenvalue weighted by molar-refractivity contribution is 7.54. The van der Waals surface area contributed by atoms with Gasteiger partial charge in [-0.2, -0.15) is 0 Å². The van der Waals surface area contributed by atoms with Gasteiger partial charge in [-0.15, -0.1) is 23.2 Å². The first-order valence-corrected chi connectivity index (χ1v) is 8.64. The van der Waals surface area contributed by atoms with Gasteiger partial charge in [0.05, 0.1) is 6.07 Å². The molecule has 0 aliphatic heterocycles. The minimum absolute atomic E-state index is 0.174. The van der Waals surface area contributed by atoms with Crippen LogP contribution < -0.4 is 5.09 Å². The van der Waals surface area contributed by atoms with Gasteiger partial charge in [-0.3, -0.25) is 19.2 Å². The number of nitrogens with one attached hydrogen (secondary N) is 1. The second-order valence-corrected chi connectivity index (χ2v) is 7.01. The Morgan fingerprint density at radius 3 is 2.71 bits per heavy atom. The largest absolute Gasteiger partial charge is 0.433 e. The lowest BCUT2D eigenvalue weighted by atomic mass is 10.5. The summed E-state index contributed by atoms with van der Waals surface area (Å²) in [5.41, 5.74) is 0. The van der Waals surface area contributed by atoms with Crippen LogP contribution in [0.15, 0.2) is 16.5 Å². The summed E-state index contributed by atoms with van der Waals surface area (Å²) in [6.45, 7) is 0.448. The quantitative estimate of drug-likeness (QED) is 0.297. The lowest BCUT2D eigenvalue weighted by Gasteiger charge is -2.27. The second-order valence-electron chi connectivity index (χ2n) is 3.96. The van der Waals surface area contributed by atoms with Crippen molar-refractivity contribution in [3.8, 4) is 0 Å². The molecule has 0 radical (unpaired) electrons. The van der Waals surface area contributed by atoms with Gasteiger partial charge in [0.15, 0.2) is 0 Å². The van der Waals surface area contributed by atoms with Gasteiger partial charge in [0, 0.05) is 24.8 Å². The Bertz CT molecular complexity index is 513. The van der Waals surface area contributed by atoms with Crippen LogP contribution in [0, 0.1) is 10.1 Å². The van der Waals surface area contributed by atoms with Crippen molar-refractivity contribution in [3.05, 3.63) is 28.0 Å². The number of nitrogens with zero attached hydrogens (tertiary/aromatic N) is 2. The van der Waals surface area contributed by atoms with Gasteiger partial charge in [-0.1, -0.05) is 0 Å². The number of hydrogen-bond donors (Lipinski definition) is 1. The van der Waals surface area contributed by atoms with Gasteiger partial charge in [0.2, 0.25) is 0 Å². The van der Waals surface area contributed by atoms with E-state index in [0.29, 0.717) is 6.54 Å². The van der Waals surface area contributed by atoms with Crippen LogP contribution in [0.4, 0.5) is 5.88 Å². The molecule has 1 atom stereocenters. The zero-order valence-corrected chi connectivity index (χ0v) is 13.7. The molecule has 21 heavy (non-hydrogen) atoms. The molecule has 1 aromatic heterocycles. The molecular formula is C10H16Cl2N3O5P. The van der Waals surface area contributed by atoms with Crippen molar-refractivity contribution < 1.29 is 18.4 Å². The molecule has 1 aromatic rings. The van der Waals surface area contributed by atoms with E-state index in [4.69, 9.17) is 32.1 Å². The molecule has 11 heteroatoms. The van der Waals surface area contributed by atoms with Gasteiger partial charge in [0.25, 0.3) is 0 Å². The Labute approximate surface area is 132 Å². The van der Waals surface area contributed by atoms with Gasteiger partial charge >= 0.3 is 13.6 Å². The van der Waals surface area contributed by atoms with Crippen LogP contribution in [0.5, 0.6) is 0 Å². The summed E-state index contributed by atoms with van der Waals surface area (Å²) in [7, 11) is -1.75. The van der Waals surface area contributed by atoms with Crippen molar-refractivity contribution in [2.45, 2.75) is 6.61 Å². The van der Waals surface area contributed by atoms with Crippen molar-refractivity contribution in [2.75, 3.05) is 31.9 Å². The lowest BCUT2D eigenvalue weighted by molar-refractivity contribution is -0.402. The van der Waals surface area contributed by atoms with Gasteiger partial charge < -0.3 is 4.42 Å². The molecule has 0 aromatic carbocycles. The van der Waals surface area contributed by atoms with Crippen molar-refractivity contribution in [3.63, 3.8) is 0 Å². The van der Waals surface area contributed by atoms with E-state index in [9.17, 15) is 14.7 Å². The van der Waals surface area contributed by atoms with Gasteiger partial charge in [-0.25, -0.2) is 9.76 Å². The smallest absolute Gasteiger partial charge is 0.403 e. The van der Waals surface area contributed by atoms with E-state index in [1.807, 2.05) is 0 Å². The highest BCUT2D eigenvalue weighted by Gasteiger charge is 2.29. The molecule has 1 unspecified atom stereocenters. The van der Waals surface area contributed by atoms with Crippen LogP contribution in [-0.4, -0.2) is 41.5 Å². The summed E-state index contributed by atoms with van der Waals surface area (Å²) in [6, 6.07) is 2.60. The highest BCUT2D eigenvalue weighted by Crippen LogP contribution is 2.46. The molecule has 0 bridgehead atoms. The maximum Gasteiger partial charge on any atom is 0.433 e. The minimum Gasteiger partial charge on any atom is -0.403 e. The molecule has 1 heterocycles. The van der Waals surface area contributed by atoms with E-state index in [0.717, 1.165) is 0 Å². The minimum atomic E-state index is -3.34. The topological polar surface area (TPSA) is 97.9 Å². The van der Waals surface area contributed by atoms with E-state index in [2.05, 4.69) is 5.09 Å². The Kier molecular flexibility index (Phi) is 7.65. The zero-order valence-electron chi connectivity index (χ0n) is 11.3. The molecule has 1 rings (SSSR count). The van der Waals surface area contributed by atoms with Gasteiger partial charge in [-0.05, 0) is 13.1 Å². The van der Waals surface area contributed by atoms with Crippen molar-refractivity contribution in [1.82, 2.24) is 9.76 Å². The maximum atomic E-state index is 12.7. The van der Waals surface area contributed by atoms with E-state index in [1.165, 1.54) is 16.8 Å². The molecule has 120 valence electrons. The zero-order chi connectivity index (χ0) is 15.9. The summed E-state index contributed by atoms with van der Waals surface area (Å²) in [5, 5.41) is 13.2. The SMILES string of the molecule is CN(CCCl)P(=O)(NCCCl)OCc1ccc([N+](=O)[O-])o1. The standard InChI is InChI=1S/C10H16Cl2N3O5P/c1-14(7-5-12)21(18,13-6-4-11)19-8-9-2-3-10(20-9)15(16)17/h2-3H,4-8H2,1H3,(H,13,18). The molecule has 8 nitrogen and oxygen atoms in total. The van der Waals surface area contributed by atoms with E-state index >= 15 is 0 Å². The molecule has 0 saturated heterocycles. The molecule has 0 spiro atoms. The Balaban J connectivity index is 2.71. The number of alkyl halides is 2. The van der Waals surface area contributed by atoms with Crippen LogP contribution >= 0.6 is 30.9 Å². The Hall–Kier alpha value is -0.630. The van der Waals surface area contributed by atoms with E-state index < -0.39 is 18.5 Å². The third kappa shape index (κ3) is 5.58. The molecule has 0 aliphatic carbocycles. The second kappa shape index (κ2) is 8.73. The maximum absolute atomic E-state index is 12.7. The highest BCUT2D eigenvalue weighted by atomic mass is 35.5. The summed E-state index contributed by atoms with van der Waals surface area (Å²) >= 11 is 11.2. The fourth-order valence-electron chi connectivity index (χ4n) is 1.40. The van der Waals surface area contributed by atoms with Crippen LogP contribution in [0.2, 0.25) is 0 Å². The average molecular weight is 360 g/mol. The van der Waals surface area contributed by atoms with Crippen molar-refractivity contribution in [1.29, 1.82) is 0 Å². The number of rotatable bonds is 10. The van der Waals surface area contributed by atoms with Crippen molar-refractivity contribution >= 4 is 36.8 Å². The fourth-order valence-corrected chi connectivity index (χ4v) is 3.58.